The molecule has 0 unspecified atom stereocenters. The lowest BCUT2D eigenvalue weighted by Crippen LogP contribution is -2.22. The first-order valence-electron chi connectivity index (χ1n) is 8.53. The molecule has 0 radical (unpaired) electrons. The molecule has 25 heavy (non-hydrogen) atoms. The van der Waals surface area contributed by atoms with Crippen LogP contribution >= 0.6 is 11.6 Å². The van der Waals surface area contributed by atoms with E-state index in [-0.39, 0.29) is 5.91 Å². The van der Waals surface area contributed by atoms with Crippen LogP contribution < -0.4 is 15.4 Å². The Morgan fingerprint density at radius 1 is 1.16 bits per heavy atom. The Labute approximate surface area is 152 Å². The van der Waals surface area contributed by atoms with Crippen molar-refractivity contribution in [1.29, 1.82) is 0 Å². The van der Waals surface area contributed by atoms with Crippen molar-refractivity contribution >= 4 is 28.9 Å². The lowest BCUT2D eigenvalue weighted by atomic mass is 9.95. The molecule has 2 aromatic rings. The molecule has 132 valence electrons. The van der Waals surface area contributed by atoms with Gasteiger partial charge < -0.3 is 15.4 Å². The number of aromatic nitrogens is 1. The molecule has 1 aliphatic rings. The van der Waals surface area contributed by atoms with Gasteiger partial charge in [-0.3, -0.25) is 9.78 Å². The predicted octanol–water partition coefficient (Wildman–Crippen LogP) is 4.74. The second-order valence-corrected chi connectivity index (χ2v) is 6.62. The van der Waals surface area contributed by atoms with E-state index in [4.69, 9.17) is 16.3 Å². The zero-order valence-corrected chi connectivity index (χ0v) is 15.0. The number of hydrogen-bond acceptors (Lipinski definition) is 4. The minimum absolute atomic E-state index is 0.270. The number of pyridine rings is 1. The molecule has 1 heterocycles. The number of nitrogens with one attached hydrogen (secondary N) is 2. The number of anilines is 2. The van der Waals surface area contributed by atoms with Crippen LogP contribution in [-0.2, 0) is 0 Å². The Bertz CT molecular complexity index is 745. The third-order valence-corrected chi connectivity index (χ3v) is 4.67. The van der Waals surface area contributed by atoms with E-state index in [1.165, 1.54) is 32.1 Å². The van der Waals surface area contributed by atoms with Crippen LogP contribution in [0.3, 0.4) is 0 Å². The summed E-state index contributed by atoms with van der Waals surface area (Å²) in [5, 5.41) is 6.76. The lowest BCUT2D eigenvalue weighted by molar-refractivity contribution is 0.102. The van der Waals surface area contributed by atoms with Gasteiger partial charge in [-0.15, -0.1) is 0 Å². The summed E-state index contributed by atoms with van der Waals surface area (Å²) in [5.74, 6) is 0.296. The molecular formula is C19H22ClN3O2. The lowest BCUT2D eigenvalue weighted by Gasteiger charge is -2.23. The van der Waals surface area contributed by atoms with Gasteiger partial charge in [0.1, 0.15) is 11.4 Å². The molecule has 2 N–H and O–H groups in total. The monoisotopic (exact) mass is 359 g/mol. The van der Waals surface area contributed by atoms with Crippen molar-refractivity contribution in [1.82, 2.24) is 4.98 Å². The van der Waals surface area contributed by atoms with Crippen molar-refractivity contribution in [3.63, 3.8) is 0 Å². The number of carbonyl (C=O) groups is 1. The van der Waals surface area contributed by atoms with Gasteiger partial charge in [-0.05, 0) is 43.2 Å². The third kappa shape index (κ3) is 4.63. The number of carbonyl (C=O) groups excluding carboxylic acids is 1. The standard InChI is InChI=1S/C19H22ClN3O2/c1-25-18-8-7-14(11-16(18)20)23-19(24)17-12-15(9-10-21-17)22-13-5-3-2-4-6-13/h7-13H,2-6H2,1H3,(H,21,22)(H,23,24). The van der Waals surface area contributed by atoms with Gasteiger partial charge in [0.25, 0.3) is 5.91 Å². The Kier molecular flexibility index (Phi) is 5.76. The summed E-state index contributed by atoms with van der Waals surface area (Å²) >= 11 is 6.09. The third-order valence-electron chi connectivity index (χ3n) is 4.38. The molecule has 1 aromatic heterocycles. The maximum atomic E-state index is 12.4. The fraction of sp³-hybridized carbons (Fsp3) is 0.368. The smallest absolute Gasteiger partial charge is 0.274 e. The number of rotatable bonds is 5. The van der Waals surface area contributed by atoms with Crippen LogP contribution in [0.25, 0.3) is 0 Å². The number of nitrogens with zero attached hydrogens (tertiary/aromatic N) is 1. The SMILES string of the molecule is COc1ccc(NC(=O)c2cc(NC3CCCCC3)ccn2)cc1Cl. The summed E-state index contributed by atoms with van der Waals surface area (Å²) < 4.78 is 5.11. The van der Waals surface area contributed by atoms with Gasteiger partial charge in [-0.2, -0.15) is 0 Å². The van der Waals surface area contributed by atoms with Gasteiger partial charge in [-0.1, -0.05) is 30.9 Å². The summed E-state index contributed by atoms with van der Waals surface area (Å²) in [6.45, 7) is 0. The molecule has 0 atom stereocenters. The van der Waals surface area contributed by atoms with Gasteiger partial charge in [0.15, 0.2) is 0 Å². The van der Waals surface area contributed by atoms with Crippen LogP contribution in [0.1, 0.15) is 42.6 Å². The normalized spacial score (nSPS) is 14.8. The van der Waals surface area contributed by atoms with Crippen molar-refractivity contribution in [3.8, 4) is 5.75 Å². The topological polar surface area (TPSA) is 63.2 Å². The van der Waals surface area contributed by atoms with Crippen LogP contribution in [0.4, 0.5) is 11.4 Å². The molecule has 0 saturated heterocycles. The van der Waals surface area contributed by atoms with Crippen molar-refractivity contribution in [2.24, 2.45) is 0 Å². The number of halogens is 1. The predicted molar refractivity (Wildman–Crippen MR) is 101 cm³/mol. The minimum atomic E-state index is -0.270. The van der Waals surface area contributed by atoms with Crippen molar-refractivity contribution in [2.75, 3.05) is 17.7 Å². The molecule has 1 aromatic carbocycles. The molecule has 0 aliphatic heterocycles. The van der Waals surface area contributed by atoms with Gasteiger partial charge >= 0.3 is 0 Å². The second-order valence-electron chi connectivity index (χ2n) is 6.21. The fourth-order valence-electron chi connectivity index (χ4n) is 3.07. The van der Waals surface area contributed by atoms with E-state index in [1.54, 1.807) is 37.6 Å². The minimum Gasteiger partial charge on any atom is -0.495 e. The van der Waals surface area contributed by atoms with Crippen LogP contribution in [-0.4, -0.2) is 24.0 Å². The molecule has 1 aliphatic carbocycles. The van der Waals surface area contributed by atoms with E-state index < -0.39 is 0 Å². The van der Waals surface area contributed by atoms with Crippen molar-refractivity contribution in [3.05, 3.63) is 47.2 Å². The quantitative estimate of drug-likeness (QED) is 0.809. The molecule has 1 amide bonds. The highest BCUT2D eigenvalue weighted by atomic mass is 35.5. The summed E-state index contributed by atoms with van der Waals surface area (Å²) in [4.78, 5) is 16.6. The van der Waals surface area contributed by atoms with Crippen molar-refractivity contribution < 1.29 is 9.53 Å². The Balaban J connectivity index is 1.67. The highest BCUT2D eigenvalue weighted by Gasteiger charge is 2.14. The van der Waals surface area contributed by atoms with E-state index >= 15 is 0 Å². The van der Waals surface area contributed by atoms with Gasteiger partial charge in [0, 0.05) is 23.6 Å². The Morgan fingerprint density at radius 2 is 1.96 bits per heavy atom. The first-order chi connectivity index (χ1) is 12.2. The number of amides is 1. The fourth-order valence-corrected chi connectivity index (χ4v) is 3.32. The number of methoxy groups -OCH3 is 1. The highest BCUT2D eigenvalue weighted by Crippen LogP contribution is 2.27. The largest absolute Gasteiger partial charge is 0.495 e. The van der Waals surface area contributed by atoms with Gasteiger partial charge in [0.05, 0.1) is 12.1 Å². The molecule has 6 heteroatoms. The molecule has 0 bridgehead atoms. The van der Waals surface area contributed by atoms with Crippen LogP contribution in [0.15, 0.2) is 36.5 Å². The van der Waals surface area contributed by atoms with Gasteiger partial charge in [0.2, 0.25) is 0 Å². The van der Waals surface area contributed by atoms with Crippen LogP contribution in [0.2, 0.25) is 5.02 Å². The zero-order valence-electron chi connectivity index (χ0n) is 14.2. The molecule has 1 fully saturated rings. The Hall–Kier alpha value is -2.27. The molecule has 5 nitrogen and oxygen atoms in total. The summed E-state index contributed by atoms with van der Waals surface area (Å²) in [6, 6.07) is 9.28. The van der Waals surface area contributed by atoms with E-state index in [1.807, 2.05) is 6.07 Å². The summed E-state index contributed by atoms with van der Waals surface area (Å²) in [7, 11) is 1.55. The zero-order chi connectivity index (χ0) is 17.6. The summed E-state index contributed by atoms with van der Waals surface area (Å²) in [6.07, 6.45) is 7.83. The average molecular weight is 360 g/mol. The number of ether oxygens (including phenoxy) is 1. The highest BCUT2D eigenvalue weighted by molar-refractivity contribution is 6.32. The molecule has 0 spiro atoms. The maximum absolute atomic E-state index is 12.4. The van der Waals surface area contributed by atoms with Crippen LogP contribution in [0, 0.1) is 0 Å². The molecule has 1 saturated carbocycles. The van der Waals surface area contributed by atoms with E-state index in [0.717, 1.165) is 5.69 Å². The number of hydrogen-bond donors (Lipinski definition) is 2. The van der Waals surface area contributed by atoms with E-state index in [9.17, 15) is 4.79 Å². The molecule has 3 rings (SSSR count). The number of benzene rings is 1. The Morgan fingerprint density at radius 3 is 2.68 bits per heavy atom. The van der Waals surface area contributed by atoms with E-state index in [2.05, 4.69) is 15.6 Å². The maximum Gasteiger partial charge on any atom is 0.274 e. The van der Waals surface area contributed by atoms with Crippen LogP contribution in [0.5, 0.6) is 5.75 Å². The van der Waals surface area contributed by atoms with E-state index in [0.29, 0.717) is 28.2 Å². The first-order valence-corrected chi connectivity index (χ1v) is 8.91. The average Bonchev–Trinajstić information content (AvgIpc) is 2.63. The summed E-state index contributed by atoms with van der Waals surface area (Å²) in [5.41, 5.74) is 1.90. The first kappa shape index (κ1) is 17.5. The second kappa shape index (κ2) is 8.21. The molecular weight excluding hydrogens is 338 g/mol. The van der Waals surface area contributed by atoms with Gasteiger partial charge in [-0.25, -0.2) is 0 Å². The van der Waals surface area contributed by atoms with Crippen molar-refractivity contribution in [2.45, 2.75) is 38.1 Å².